The molecule has 0 heterocycles. The summed E-state index contributed by atoms with van der Waals surface area (Å²) in [5.74, 6) is 0.159. The lowest BCUT2D eigenvalue weighted by Gasteiger charge is -2.05. The number of nitrogens with two attached hydrogens (primary N) is 1. The van der Waals surface area contributed by atoms with E-state index in [0.29, 0.717) is 17.0 Å². The van der Waals surface area contributed by atoms with Gasteiger partial charge in [-0.2, -0.15) is 0 Å². The van der Waals surface area contributed by atoms with E-state index in [1.165, 1.54) is 0 Å². The smallest absolute Gasteiger partial charge is 0.342 e. The molecule has 1 rings (SSSR count). The molecular formula is C12H13NO3. The van der Waals surface area contributed by atoms with Crippen LogP contribution in [0, 0.1) is 0 Å². The van der Waals surface area contributed by atoms with E-state index < -0.39 is 5.97 Å². The van der Waals surface area contributed by atoms with Crippen LogP contribution in [-0.2, 0) is 4.74 Å². The third-order valence-corrected chi connectivity index (χ3v) is 1.70. The molecule has 4 heteroatoms. The van der Waals surface area contributed by atoms with Crippen LogP contribution in [0.5, 0.6) is 5.75 Å². The maximum atomic E-state index is 11.3. The molecule has 0 spiro atoms. The highest BCUT2D eigenvalue weighted by atomic mass is 16.5. The lowest BCUT2D eigenvalue weighted by Crippen LogP contribution is -2.07. The van der Waals surface area contributed by atoms with Gasteiger partial charge in [-0.05, 0) is 24.3 Å². The molecule has 0 bridgehead atoms. The molecule has 1 aromatic rings. The minimum absolute atomic E-state index is 0.246. The van der Waals surface area contributed by atoms with E-state index >= 15 is 0 Å². The van der Waals surface area contributed by atoms with E-state index in [9.17, 15) is 4.79 Å². The molecule has 0 unspecified atom stereocenters. The molecule has 0 aliphatic heterocycles. The Kier molecular flexibility index (Phi) is 4.15. The van der Waals surface area contributed by atoms with E-state index in [1.54, 1.807) is 24.3 Å². The van der Waals surface area contributed by atoms with Crippen molar-refractivity contribution >= 4 is 5.97 Å². The fourth-order valence-electron chi connectivity index (χ4n) is 1.01. The van der Waals surface area contributed by atoms with Gasteiger partial charge in [0, 0.05) is 5.70 Å². The van der Waals surface area contributed by atoms with Crippen molar-refractivity contribution in [3.63, 3.8) is 0 Å². The molecule has 0 aliphatic carbocycles. The van der Waals surface area contributed by atoms with Gasteiger partial charge in [-0.3, -0.25) is 0 Å². The Morgan fingerprint density at radius 3 is 2.50 bits per heavy atom. The van der Waals surface area contributed by atoms with E-state index in [2.05, 4.69) is 17.9 Å². The van der Waals surface area contributed by atoms with Crippen LogP contribution in [0.25, 0.3) is 0 Å². The number of rotatable bonds is 5. The summed E-state index contributed by atoms with van der Waals surface area (Å²) < 4.78 is 9.88. The topological polar surface area (TPSA) is 61.5 Å². The zero-order valence-electron chi connectivity index (χ0n) is 8.81. The van der Waals surface area contributed by atoms with Crippen LogP contribution in [0.1, 0.15) is 10.4 Å². The van der Waals surface area contributed by atoms with Gasteiger partial charge in [-0.25, -0.2) is 4.79 Å². The largest absolute Gasteiger partial charge is 0.487 e. The van der Waals surface area contributed by atoms with Gasteiger partial charge < -0.3 is 15.2 Å². The van der Waals surface area contributed by atoms with E-state index in [-0.39, 0.29) is 6.61 Å². The standard InChI is InChI=1S/C12H13NO3/c1-3-15-12(14)10-4-6-11(7-5-10)16-8-9(2)13/h3-7H,1-2,8,13H2. The summed E-state index contributed by atoms with van der Waals surface area (Å²) in [5.41, 5.74) is 6.22. The molecule has 0 saturated heterocycles. The maximum absolute atomic E-state index is 11.3. The van der Waals surface area contributed by atoms with Crippen LogP contribution < -0.4 is 10.5 Å². The fraction of sp³-hybridized carbons (Fsp3) is 0.0833. The zero-order valence-corrected chi connectivity index (χ0v) is 8.81. The van der Waals surface area contributed by atoms with Crippen molar-refractivity contribution < 1.29 is 14.3 Å². The lowest BCUT2D eigenvalue weighted by molar-refractivity contribution is 0.0664. The van der Waals surface area contributed by atoms with Crippen molar-refractivity contribution in [3.8, 4) is 5.75 Å². The molecule has 1 aromatic carbocycles. The summed E-state index contributed by atoms with van der Waals surface area (Å²) in [6.07, 6.45) is 1.09. The number of benzene rings is 1. The van der Waals surface area contributed by atoms with Crippen molar-refractivity contribution in [1.29, 1.82) is 0 Å². The van der Waals surface area contributed by atoms with Crippen molar-refractivity contribution in [1.82, 2.24) is 0 Å². The SMILES string of the molecule is C=COC(=O)c1ccc(OCC(=C)N)cc1. The van der Waals surface area contributed by atoms with Crippen LogP contribution in [0.15, 0.2) is 49.4 Å². The highest BCUT2D eigenvalue weighted by Gasteiger charge is 2.05. The van der Waals surface area contributed by atoms with Crippen LogP contribution in [0.2, 0.25) is 0 Å². The van der Waals surface area contributed by atoms with Gasteiger partial charge >= 0.3 is 5.97 Å². The average molecular weight is 219 g/mol. The van der Waals surface area contributed by atoms with E-state index in [4.69, 9.17) is 10.5 Å². The number of esters is 1. The van der Waals surface area contributed by atoms with E-state index in [0.717, 1.165) is 6.26 Å². The number of hydrogen-bond acceptors (Lipinski definition) is 4. The first-order chi connectivity index (χ1) is 7.63. The van der Waals surface area contributed by atoms with Crippen molar-refractivity contribution in [2.24, 2.45) is 5.73 Å². The summed E-state index contributed by atoms with van der Waals surface area (Å²) in [7, 11) is 0. The van der Waals surface area contributed by atoms with Gasteiger partial charge in [-0.1, -0.05) is 13.2 Å². The molecule has 4 nitrogen and oxygen atoms in total. The lowest BCUT2D eigenvalue weighted by atomic mass is 10.2. The summed E-state index contributed by atoms with van der Waals surface area (Å²) in [6, 6.07) is 6.51. The molecule has 0 radical (unpaired) electrons. The van der Waals surface area contributed by atoms with Crippen LogP contribution >= 0.6 is 0 Å². The first-order valence-electron chi connectivity index (χ1n) is 4.61. The third-order valence-electron chi connectivity index (χ3n) is 1.70. The molecule has 16 heavy (non-hydrogen) atoms. The van der Waals surface area contributed by atoms with Crippen LogP contribution in [-0.4, -0.2) is 12.6 Å². The van der Waals surface area contributed by atoms with Crippen LogP contribution in [0.4, 0.5) is 0 Å². The fourth-order valence-corrected chi connectivity index (χ4v) is 1.01. The third kappa shape index (κ3) is 3.49. The highest BCUT2D eigenvalue weighted by molar-refractivity contribution is 5.89. The van der Waals surface area contributed by atoms with Crippen molar-refractivity contribution in [3.05, 3.63) is 54.9 Å². The Hall–Kier alpha value is -2.23. The molecular weight excluding hydrogens is 206 g/mol. The molecule has 0 aromatic heterocycles. The molecule has 0 saturated carbocycles. The summed E-state index contributed by atoms with van der Waals surface area (Å²) in [4.78, 5) is 11.3. The normalized spacial score (nSPS) is 9.25. The molecule has 0 fully saturated rings. The van der Waals surface area contributed by atoms with Gasteiger partial charge in [0.1, 0.15) is 12.4 Å². The molecule has 84 valence electrons. The summed E-state index contributed by atoms with van der Waals surface area (Å²) in [6.45, 7) is 7.06. The second-order valence-electron chi connectivity index (χ2n) is 3.04. The van der Waals surface area contributed by atoms with Gasteiger partial charge in [0.2, 0.25) is 0 Å². The van der Waals surface area contributed by atoms with E-state index in [1.807, 2.05) is 0 Å². The van der Waals surface area contributed by atoms with Gasteiger partial charge in [0.25, 0.3) is 0 Å². The minimum atomic E-state index is -0.454. The molecule has 0 aliphatic rings. The van der Waals surface area contributed by atoms with Gasteiger partial charge in [0.15, 0.2) is 0 Å². The van der Waals surface area contributed by atoms with Crippen molar-refractivity contribution in [2.45, 2.75) is 0 Å². The van der Waals surface area contributed by atoms with Crippen molar-refractivity contribution in [2.75, 3.05) is 6.61 Å². The highest BCUT2D eigenvalue weighted by Crippen LogP contribution is 2.13. The average Bonchev–Trinajstić information content (AvgIpc) is 2.27. The maximum Gasteiger partial charge on any atom is 0.342 e. The van der Waals surface area contributed by atoms with Gasteiger partial charge in [0.05, 0.1) is 11.8 Å². The summed E-state index contributed by atoms with van der Waals surface area (Å²) >= 11 is 0. The predicted molar refractivity (Wildman–Crippen MR) is 60.9 cm³/mol. The minimum Gasteiger partial charge on any atom is -0.487 e. The first kappa shape index (κ1) is 11.8. The van der Waals surface area contributed by atoms with Crippen LogP contribution in [0.3, 0.4) is 0 Å². The van der Waals surface area contributed by atoms with Gasteiger partial charge in [-0.15, -0.1) is 0 Å². The second-order valence-corrected chi connectivity index (χ2v) is 3.04. The predicted octanol–water partition coefficient (Wildman–Crippen LogP) is 1.84. The number of carbonyl (C=O) groups excluding carboxylic acids is 1. The Balaban J connectivity index is 2.63. The first-order valence-corrected chi connectivity index (χ1v) is 4.61. The Bertz CT molecular complexity index is 395. The molecule has 0 atom stereocenters. The Morgan fingerprint density at radius 1 is 1.38 bits per heavy atom. The second kappa shape index (κ2) is 5.60. The number of ether oxygens (including phenoxy) is 2. The Labute approximate surface area is 94.0 Å². The molecule has 0 amide bonds. The zero-order chi connectivity index (χ0) is 12.0. The monoisotopic (exact) mass is 219 g/mol. The summed E-state index contributed by atoms with van der Waals surface area (Å²) in [5, 5.41) is 0. The Morgan fingerprint density at radius 2 is 2.00 bits per heavy atom. The number of carbonyl (C=O) groups is 1. The quantitative estimate of drug-likeness (QED) is 0.606. The number of hydrogen-bond donors (Lipinski definition) is 1. The molecule has 2 N–H and O–H groups in total.